The molecule has 2 N–H and O–H groups in total. The monoisotopic (exact) mass is 360 g/mol. The van der Waals surface area contributed by atoms with Crippen LogP contribution in [0.5, 0.6) is 5.75 Å². The van der Waals surface area contributed by atoms with Crippen LogP contribution in [0.25, 0.3) is 0 Å². The van der Waals surface area contributed by atoms with E-state index in [0.29, 0.717) is 24.6 Å². The minimum absolute atomic E-state index is 0.104. The summed E-state index contributed by atoms with van der Waals surface area (Å²) >= 11 is 1.43. The molecule has 9 heteroatoms. The number of halogens is 4. The Bertz CT molecular complexity index is 773. The first-order valence-corrected chi connectivity index (χ1v) is 7.87. The second-order valence-electron chi connectivity index (χ2n) is 5.16. The molecule has 0 atom stereocenters. The Morgan fingerprint density at radius 1 is 1.29 bits per heavy atom. The number of hydrogen-bond acceptors (Lipinski definition) is 4. The van der Waals surface area contributed by atoms with Crippen LogP contribution in [0.3, 0.4) is 0 Å². The van der Waals surface area contributed by atoms with Gasteiger partial charge in [0.05, 0.1) is 5.56 Å². The first kappa shape index (κ1) is 16.7. The molecule has 0 fully saturated rings. The van der Waals surface area contributed by atoms with Crippen molar-refractivity contribution in [1.82, 2.24) is 5.32 Å². The number of alkyl halides is 3. The lowest BCUT2D eigenvalue weighted by Crippen LogP contribution is -2.24. The second-order valence-corrected chi connectivity index (χ2v) is 6.12. The molecule has 1 aromatic heterocycles. The first-order valence-electron chi connectivity index (χ1n) is 6.99. The molecule has 0 radical (unpaired) electrons. The topological polar surface area (TPSA) is 50.4 Å². The van der Waals surface area contributed by atoms with E-state index in [-0.39, 0.29) is 5.69 Å². The minimum Gasteiger partial charge on any atom is -0.406 e. The van der Waals surface area contributed by atoms with Crippen molar-refractivity contribution in [2.75, 3.05) is 11.9 Å². The SMILES string of the molecule is O=C(Nc1cc(F)cc(OC(F)(F)F)c1)c1csc2c1CCNC2. The molecule has 128 valence electrons. The number of carbonyl (C=O) groups is 1. The predicted octanol–water partition coefficient (Wildman–Crippen LogP) is 3.68. The molecule has 24 heavy (non-hydrogen) atoms. The van der Waals surface area contributed by atoms with Crippen LogP contribution in [0, 0.1) is 5.82 Å². The molecular weight excluding hydrogens is 348 g/mol. The van der Waals surface area contributed by atoms with Crippen molar-refractivity contribution in [2.45, 2.75) is 19.3 Å². The fraction of sp³-hybridized carbons (Fsp3) is 0.267. The van der Waals surface area contributed by atoms with Gasteiger partial charge in [-0.25, -0.2) is 4.39 Å². The van der Waals surface area contributed by atoms with Gasteiger partial charge in [0.2, 0.25) is 0 Å². The minimum atomic E-state index is -4.94. The summed E-state index contributed by atoms with van der Waals surface area (Å²) < 4.78 is 53.9. The molecule has 4 nitrogen and oxygen atoms in total. The van der Waals surface area contributed by atoms with Gasteiger partial charge in [-0.15, -0.1) is 24.5 Å². The Morgan fingerprint density at radius 3 is 2.83 bits per heavy atom. The van der Waals surface area contributed by atoms with Gasteiger partial charge < -0.3 is 15.4 Å². The van der Waals surface area contributed by atoms with Crippen molar-refractivity contribution in [2.24, 2.45) is 0 Å². The summed E-state index contributed by atoms with van der Waals surface area (Å²) in [5.41, 5.74) is 1.27. The summed E-state index contributed by atoms with van der Waals surface area (Å²) in [6.07, 6.45) is -4.25. The Kier molecular flexibility index (Phi) is 4.46. The summed E-state index contributed by atoms with van der Waals surface area (Å²) in [5.74, 6) is -2.16. The third kappa shape index (κ3) is 3.85. The van der Waals surface area contributed by atoms with Crippen LogP contribution in [-0.4, -0.2) is 18.8 Å². The standard InChI is InChI=1S/C15H12F4N2O2S/c16-8-3-9(5-10(4-8)23-15(17,18)19)21-14(22)12-7-24-13-6-20-2-1-11(12)13/h3-5,7,20H,1-2,6H2,(H,21,22). The molecule has 0 unspecified atom stereocenters. The van der Waals surface area contributed by atoms with Crippen LogP contribution in [-0.2, 0) is 13.0 Å². The average Bonchev–Trinajstić information content (AvgIpc) is 2.88. The summed E-state index contributed by atoms with van der Waals surface area (Å²) in [6, 6.07) is 2.46. The van der Waals surface area contributed by atoms with Gasteiger partial charge in [0, 0.05) is 34.6 Å². The third-order valence-electron chi connectivity index (χ3n) is 3.43. The van der Waals surface area contributed by atoms with Gasteiger partial charge in [-0.05, 0) is 24.6 Å². The van der Waals surface area contributed by atoms with E-state index in [1.54, 1.807) is 5.38 Å². The van der Waals surface area contributed by atoms with E-state index < -0.39 is 23.8 Å². The van der Waals surface area contributed by atoms with E-state index in [2.05, 4.69) is 15.4 Å². The van der Waals surface area contributed by atoms with Gasteiger partial charge >= 0.3 is 6.36 Å². The molecule has 3 rings (SSSR count). The van der Waals surface area contributed by atoms with Crippen molar-refractivity contribution < 1.29 is 27.1 Å². The lowest BCUT2D eigenvalue weighted by molar-refractivity contribution is -0.274. The van der Waals surface area contributed by atoms with E-state index in [4.69, 9.17) is 0 Å². The summed E-state index contributed by atoms with van der Waals surface area (Å²) in [7, 11) is 0. The number of ether oxygens (including phenoxy) is 1. The second kappa shape index (κ2) is 6.40. The van der Waals surface area contributed by atoms with Crippen molar-refractivity contribution >= 4 is 22.9 Å². The van der Waals surface area contributed by atoms with Crippen LogP contribution in [0.2, 0.25) is 0 Å². The molecular formula is C15H12F4N2O2S. The highest BCUT2D eigenvalue weighted by atomic mass is 32.1. The molecule has 0 saturated carbocycles. The maximum Gasteiger partial charge on any atom is 0.573 e. The highest BCUT2D eigenvalue weighted by Gasteiger charge is 2.31. The Morgan fingerprint density at radius 2 is 2.08 bits per heavy atom. The number of thiophene rings is 1. The molecule has 1 aromatic carbocycles. The largest absolute Gasteiger partial charge is 0.573 e. The predicted molar refractivity (Wildman–Crippen MR) is 80.8 cm³/mol. The summed E-state index contributed by atoms with van der Waals surface area (Å²) in [5, 5.41) is 7.30. The number of nitrogens with one attached hydrogen (secondary N) is 2. The Hall–Kier alpha value is -2.13. The molecule has 2 heterocycles. The van der Waals surface area contributed by atoms with Crippen molar-refractivity contribution in [3.8, 4) is 5.75 Å². The molecule has 0 aliphatic carbocycles. The number of amides is 1. The van der Waals surface area contributed by atoms with Gasteiger partial charge in [-0.1, -0.05) is 0 Å². The molecule has 1 aliphatic heterocycles. The number of hydrogen-bond donors (Lipinski definition) is 2. The van der Waals surface area contributed by atoms with Crippen molar-refractivity contribution in [3.05, 3.63) is 45.4 Å². The number of anilines is 1. The van der Waals surface area contributed by atoms with Crippen LogP contribution >= 0.6 is 11.3 Å². The lowest BCUT2D eigenvalue weighted by Gasteiger charge is -2.14. The molecule has 1 aliphatic rings. The number of fused-ring (bicyclic) bond motifs is 1. The van der Waals surface area contributed by atoms with Crippen molar-refractivity contribution in [1.29, 1.82) is 0 Å². The molecule has 0 bridgehead atoms. The zero-order chi connectivity index (χ0) is 17.3. The highest BCUT2D eigenvalue weighted by Crippen LogP contribution is 2.29. The highest BCUT2D eigenvalue weighted by molar-refractivity contribution is 7.10. The van der Waals surface area contributed by atoms with Crippen LogP contribution in [0.15, 0.2) is 23.6 Å². The zero-order valence-corrected chi connectivity index (χ0v) is 13.0. The molecule has 0 spiro atoms. The molecule has 0 saturated heterocycles. The maximum atomic E-state index is 13.5. The number of rotatable bonds is 3. The summed E-state index contributed by atoms with van der Waals surface area (Å²) in [6.45, 7) is 1.42. The smallest absolute Gasteiger partial charge is 0.406 e. The van der Waals surface area contributed by atoms with E-state index >= 15 is 0 Å². The van der Waals surface area contributed by atoms with Gasteiger partial charge in [-0.3, -0.25) is 4.79 Å². The zero-order valence-electron chi connectivity index (χ0n) is 12.2. The van der Waals surface area contributed by atoms with Gasteiger partial charge in [-0.2, -0.15) is 0 Å². The number of carbonyl (C=O) groups excluding carboxylic acids is 1. The van der Waals surface area contributed by atoms with Crippen LogP contribution < -0.4 is 15.4 Å². The van der Waals surface area contributed by atoms with E-state index in [1.807, 2.05) is 0 Å². The van der Waals surface area contributed by atoms with Crippen molar-refractivity contribution in [3.63, 3.8) is 0 Å². The maximum absolute atomic E-state index is 13.5. The van der Waals surface area contributed by atoms with E-state index in [1.165, 1.54) is 11.3 Å². The molecule has 2 aromatic rings. The number of benzene rings is 1. The van der Waals surface area contributed by atoms with E-state index in [9.17, 15) is 22.4 Å². The normalized spacial score (nSPS) is 14.2. The first-order chi connectivity index (χ1) is 11.3. The lowest BCUT2D eigenvalue weighted by atomic mass is 10.0. The van der Waals surface area contributed by atoms with Crippen LogP contribution in [0.1, 0.15) is 20.8 Å². The van der Waals surface area contributed by atoms with Crippen LogP contribution in [0.4, 0.5) is 23.2 Å². The van der Waals surface area contributed by atoms with E-state index in [0.717, 1.165) is 29.1 Å². The van der Waals surface area contributed by atoms with Gasteiger partial charge in [0.15, 0.2) is 0 Å². The third-order valence-corrected chi connectivity index (χ3v) is 4.45. The molecule has 1 amide bonds. The van der Waals surface area contributed by atoms with Gasteiger partial charge in [0.1, 0.15) is 11.6 Å². The average molecular weight is 360 g/mol. The summed E-state index contributed by atoms with van der Waals surface area (Å²) in [4.78, 5) is 13.4. The Labute approximate surface area is 138 Å². The quantitative estimate of drug-likeness (QED) is 0.821. The van der Waals surface area contributed by atoms with Gasteiger partial charge in [0.25, 0.3) is 5.91 Å². The fourth-order valence-electron chi connectivity index (χ4n) is 2.48. The Balaban J connectivity index is 1.80. The fourth-order valence-corrected chi connectivity index (χ4v) is 3.53.